The zero-order valence-electron chi connectivity index (χ0n) is 39.3. The highest BCUT2D eigenvalue weighted by Crippen LogP contribution is 2.44. The molecule has 0 bridgehead atoms. The average Bonchev–Trinajstić information content (AvgIpc) is 3.98. The van der Waals surface area contributed by atoms with Gasteiger partial charge in [-0.1, -0.05) is 239 Å². The van der Waals surface area contributed by atoms with Gasteiger partial charge in [-0.15, -0.1) is 0 Å². The molecule has 0 atom stereocenters. The summed E-state index contributed by atoms with van der Waals surface area (Å²) in [6.45, 7) is 9.73. The van der Waals surface area contributed by atoms with Gasteiger partial charge < -0.3 is 8.98 Å². The molecule has 12 aromatic rings. The zero-order chi connectivity index (χ0) is 47.1. The number of fused-ring (bicyclic) bond motifs is 6. The fourth-order valence-electron chi connectivity index (χ4n) is 9.69. The number of furan rings is 1. The van der Waals surface area contributed by atoms with Gasteiger partial charge in [0.05, 0.1) is 11.0 Å². The Hall–Kier alpha value is -8.72. The van der Waals surface area contributed by atoms with Gasteiger partial charge in [-0.2, -0.15) is 0 Å². The maximum Gasteiger partial charge on any atom is 0.143 e. The molecule has 0 amide bonds. The van der Waals surface area contributed by atoms with E-state index in [1.165, 1.54) is 71.9 Å². The minimum atomic E-state index is 0.879. The first-order chi connectivity index (χ1) is 34.1. The highest BCUT2D eigenvalue weighted by atomic mass is 16.3. The molecule has 2 nitrogen and oxygen atoms in total. The molecule has 0 spiro atoms. The summed E-state index contributed by atoms with van der Waals surface area (Å²) in [5, 5.41) is 4.73. The fraction of sp³-hybridized carbons (Fsp3) is 0.0448. The quantitative estimate of drug-likeness (QED) is 0.139. The molecule has 2 heteroatoms. The summed E-state index contributed by atoms with van der Waals surface area (Å²) >= 11 is 0. The van der Waals surface area contributed by atoms with Gasteiger partial charge in [-0.05, 0) is 105 Å². The first kappa shape index (κ1) is 44.1. The Morgan fingerprint density at radius 2 is 0.841 bits per heavy atom. The number of aromatic nitrogens is 1. The summed E-state index contributed by atoms with van der Waals surface area (Å²) in [5.74, 6) is 0. The molecule has 2 aromatic heterocycles. The van der Waals surface area contributed by atoms with Crippen molar-refractivity contribution >= 4 is 49.3 Å². The van der Waals surface area contributed by atoms with Crippen molar-refractivity contribution in [2.24, 2.45) is 0 Å². The molecule has 2 heterocycles. The SMILES string of the molecule is C=C/C=C(\C)c1ccccc1.CC.c1ccc(-c2ccccc2-c2ccccc2-c2ccccc2-c2ccc3oc4c(-c5cccc(-n6c7ccccc7c7ccccc76)c5)cccc4c3c2)cc1. The summed E-state index contributed by atoms with van der Waals surface area (Å²) in [6.07, 6.45) is 3.82. The summed E-state index contributed by atoms with van der Waals surface area (Å²) < 4.78 is 9.11. The van der Waals surface area contributed by atoms with E-state index in [0.29, 0.717) is 0 Å². The maximum atomic E-state index is 6.74. The first-order valence-electron chi connectivity index (χ1n) is 23.9. The lowest BCUT2D eigenvalue weighted by molar-refractivity contribution is 0.670. The van der Waals surface area contributed by atoms with Gasteiger partial charge in [-0.3, -0.25) is 0 Å². The molecular formula is C67H53NO. The van der Waals surface area contributed by atoms with E-state index in [9.17, 15) is 0 Å². The molecule has 0 N–H and O–H groups in total. The second kappa shape index (κ2) is 20.0. The smallest absolute Gasteiger partial charge is 0.143 e. The van der Waals surface area contributed by atoms with Crippen molar-refractivity contribution in [3.05, 3.63) is 267 Å². The molecule has 0 unspecified atom stereocenters. The Morgan fingerprint density at radius 1 is 0.391 bits per heavy atom. The lowest BCUT2D eigenvalue weighted by Crippen LogP contribution is -1.94. The van der Waals surface area contributed by atoms with Gasteiger partial charge >= 0.3 is 0 Å². The first-order valence-corrected chi connectivity index (χ1v) is 23.9. The maximum absolute atomic E-state index is 6.74. The molecule has 0 saturated heterocycles. The molecule has 0 fully saturated rings. The Labute approximate surface area is 405 Å². The van der Waals surface area contributed by atoms with Crippen LogP contribution in [0.25, 0.3) is 111 Å². The van der Waals surface area contributed by atoms with Crippen LogP contribution in [0.5, 0.6) is 0 Å². The van der Waals surface area contributed by atoms with Gasteiger partial charge in [0.15, 0.2) is 0 Å². The Balaban J connectivity index is 0.000000375. The minimum Gasteiger partial charge on any atom is -0.455 e. The summed E-state index contributed by atoms with van der Waals surface area (Å²) in [7, 11) is 0. The highest BCUT2D eigenvalue weighted by Gasteiger charge is 2.19. The molecule has 332 valence electrons. The minimum absolute atomic E-state index is 0.879. The van der Waals surface area contributed by atoms with E-state index < -0.39 is 0 Å². The van der Waals surface area contributed by atoms with E-state index in [4.69, 9.17) is 4.42 Å². The van der Waals surface area contributed by atoms with Crippen molar-refractivity contribution in [2.45, 2.75) is 20.8 Å². The molecular weight excluding hydrogens is 835 g/mol. The van der Waals surface area contributed by atoms with Crippen LogP contribution in [-0.2, 0) is 0 Å². The van der Waals surface area contributed by atoms with Crippen LogP contribution >= 0.6 is 0 Å². The highest BCUT2D eigenvalue weighted by molar-refractivity contribution is 6.12. The van der Waals surface area contributed by atoms with Crippen LogP contribution < -0.4 is 0 Å². The number of benzene rings is 10. The van der Waals surface area contributed by atoms with E-state index >= 15 is 0 Å². The summed E-state index contributed by atoms with van der Waals surface area (Å²) in [4.78, 5) is 0. The molecule has 12 rings (SSSR count). The predicted molar refractivity (Wildman–Crippen MR) is 297 cm³/mol. The molecule has 10 aromatic carbocycles. The average molecular weight is 888 g/mol. The fourth-order valence-corrected chi connectivity index (χ4v) is 9.69. The number of hydrogen-bond donors (Lipinski definition) is 0. The van der Waals surface area contributed by atoms with Crippen LogP contribution in [0.15, 0.2) is 266 Å². The Morgan fingerprint density at radius 3 is 1.45 bits per heavy atom. The summed E-state index contributed by atoms with van der Waals surface area (Å²) in [6, 6.07) is 86.5. The van der Waals surface area contributed by atoms with Gasteiger partial charge in [0, 0.05) is 32.8 Å². The molecule has 0 aliphatic rings. The second-order valence-corrected chi connectivity index (χ2v) is 16.9. The van der Waals surface area contributed by atoms with Crippen LogP contribution in [0.1, 0.15) is 26.3 Å². The number of allylic oxidation sites excluding steroid dienone is 3. The lowest BCUT2D eigenvalue weighted by atomic mass is 9.86. The Kier molecular flexibility index (Phi) is 12.8. The van der Waals surface area contributed by atoms with Crippen LogP contribution in [0.2, 0.25) is 0 Å². The number of para-hydroxylation sites is 3. The third-order valence-electron chi connectivity index (χ3n) is 12.8. The number of nitrogens with zero attached hydrogens (tertiary/aromatic N) is 1. The van der Waals surface area contributed by atoms with E-state index in [1.54, 1.807) is 0 Å². The van der Waals surface area contributed by atoms with E-state index in [1.807, 2.05) is 44.2 Å². The molecule has 0 saturated carbocycles. The molecule has 69 heavy (non-hydrogen) atoms. The van der Waals surface area contributed by atoms with Crippen molar-refractivity contribution in [1.29, 1.82) is 0 Å². The van der Waals surface area contributed by atoms with Gasteiger partial charge in [0.25, 0.3) is 0 Å². The normalized spacial score (nSPS) is 11.3. The topological polar surface area (TPSA) is 18.1 Å². The second-order valence-electron chi connectivity index (χ2n) is 16.9. The third kappa shape index (κ3) is 8.61. The lowest BCUT2D eigenvalue weighted by Gasteiger charge is -2.17. The van der Waals surface area contributed by atoms with Gasteiger partial charge in [-0.25, -0.2) is 0 Å². The van der Waals surface area contributed by atoms with E-state index in [-0.39, 0.29) is 0 Å². The predicted octanol–water partition coefficient (Wildman–Crippen LogP) is 19.3. The van der Waals surface area contributed by atoms with E-state index in [0.717, 1.165) is 44.3 Å². The van der Waals surface area contributed by atoms with Crippen LogP contribution in [0.3, 0.4) is 0 Å². The largest absolute Gasteiger partial charge is 0.455 e. The number of rotatable bonds is 8. The van der Waals surface area contributed by atoms with Crippen LogP contribution in [0.4, 0.5) is 0 Å². The Bertz CT molecular complexity index is 3720. The van der Waals surface area contributed by atoms with Crippen molar-refractivity contribution in [3.63, 3.8) is 0 Å². The molecule has 0 aliphatic carbocycles. The third-order valence-corrected chi connectivity index (χ3v) is 12.8. The number of hydrogen-bond acceptors (Lipinski definition) is 1. The van der Waals surface area contributed by atoms with Gasteiger partial charge in [0.2, 0.25) is 0 Å². The van der Waals surface area contributed by atoms with E-state index in [2.05, 4.69) is 243 Å². The van der Waals surface area contributed by atoms with Crippen molar-refractivity contribution in [2.75, 3.05) is 0 Å². The van der Waals surface area contributed by atoms with Crippen molar-refractivity contribution in [3.8, 4) is 61.3 Å². The van der Waals surface area contributed by atoms with Crippen molar-refractivity contribution in [1.82, 2.24) is 4.57 Å². The van der Waals surface area contributed by atoms with Gasteiger partial charge in [0.1, 0.15) is 11.2 Å². The monoisotopic (exact) mass is 887 g/mol. The zero-order valence-corrected chi connectivity index (χ0v) is 39.3. The van der Waals surface area contributed by atoms with Crippen LogP contribution in [-0.4, -0.2) is 4.57 Å². The standard InChI is InChI=1S/C54H35NO.C11H12.C2H6/c1-2-16-36(17-3-1)40-20-4-6-22-43(40)45-24-8-9-25-46(45)44-23-7-5-21-41(44)38-32-33-53-50(35-38)49-29-15-28-42(54(49)56-53)37-18-14-19-39(34-37)55-51-30-12-10-26-47(51)48-27-11-13-31-52(48)55;1-3-7-10(2)11-8-5-4-6-9-11;1-2/h1-35H;3-9H,1H2,2H3;1-2H3/b;10-7+;. The summed E-state index contributed by atoms with van der Waals surface area (Å²) in [5.41, 5.74) is 19.6. The molecule has 0 aliphatic heterocycles. The van der Waals surface area contributed by atoms with Crippen LogP contribution in [0, 0.1) is 0 Å². The van der Waals surface area contributed by atoms with Crippen molar-refractivity contribution < 1.29 is 4.42 Å². The molecule has 0 radical (unpaired) electrons.